The van der Waals surface area contributed by atoms with E-state index in [-0.39, 0.29) is 0 Å². The molecule has 0 heterocycles. The summed E-state index contributed by atoms with van der Waals surface area (Å²) in [6, 6.07) is 11.0. The Kier molecular flexibility index (Phi) is 7.29. The van der Waals surface area contributed by atoms with E-state index in [0.717, 1.165) is 17.8 Å². The average molecular weight is 287 g/mol. The van der Waals surface area contributed by atoms with E-state index < -0.39 is 0 Å². The first-order valence-corrected chi connectivity index (χ1v) is 9.08. The molecular weight excluding hydrogens is 254 g/mol. The fourth-order valence-corrected chi connectivity index (χ4v) is 3.88. The van der Waals surface area contributed by atoms with Crippen LogP contribution in [-0.4, -0.2) is 13.1 Å². The Bertz CT molecular complexity index is 371. The molecule has 0 radical (unpaired) electrons. The Hall–Kier alpha value is -0.820. The summed E-state index contributed by atoms with van der Waals surface area (Å²) in [7, 11) is 0. The second kappa shape index (κ2) is 9.25. The summed E-state index contributed by atoms with van der Waals surface area (Å²) in [6.07, 6.45) is 9.61. The molecule has 0 aromatic heterocycles. The zero-order valence-electron chi connectivity index (χ0n) is 14.0. The zero-order valence-corrected chi connectivity index (χ0v) is 14.0. The van der Waals surface area contributed by atoms with Crippen molar-refractivity contribution in [1.82, 2.24) is 5.32 Å². The molecule has 3 unspecified atom stereocenters. The van der Waals surface area contributed by atoms with E-state index in [2.05, 4.69) is 49.5 Å². The standard InChI is InChI=1S/C20H33N/c1-3-14-21-16-20-13-10-17(4-2)15-19(20)12-11-18-8-6-5-7-9-18/h5-9,17,19-21H,3-4,10-16H2,1-2H3. The monoisotopic (exact) mass is 287 g/mol. The van der Waals surface area contributed by atoms with Gasteiger partial charge in [-0.2, -0.15) is 0 Å². The second-order valence-corrected chi connectivity index (χ2v) is 6.84. The van der Waals surface area contributed by atoms with Crippen molar-refractivity contribution in [3.05, 3.63) is 35.9 Å². The molecule has 1 heteroatoms. The summed E-state index contributed by atoms with van der Waals surface area (Å²) in [5.74, 6) is 2.81. The minimum atomic E-state index is 0.906. The van der Waals surface area contributed by atoms with Crippen LogP contribution in [0, 0.1) is 17.8 Å². The van der Waals surface area contributed by atoms with Crippen LogP contribution in [0.1, 0.15) is 57.9 Å². The quantitative estimate of drug-likeness (QED) is 0.659. The highest BCUT2D eigenvalue weighted by atomic mass is 14.9. The Balaban J connectivity index is 1.86. The van der Waals surface area contributed by atoms with Gasteiger partial charge < -0.3 is 5.32 Å². The molecule has 0 aliphatic heterocycles. The summed E-state index contributed by atoms with van der Waals surface area (Å²) in [5, 5.41) is 3.67. The van der Waals surface area contributed by atoms with Crippen LogP contribution in [-0.2, 0) is 6.42 Å². The lowest BCUT2D eigenvalue weighted by Crippen LogP contribution is -2.33. The first-order valence-electron chi connectivity index (χ1n) is 9.08. The SMILES string of the molecule is CCCNCC1CCC(CC)CC1CCc1ccccc1. The summed E-state index contributed by atoms with van der Waals surface area (Å²) < 4.78 is 0. The van der Waals surface area contributed by atoms with Gasteiger partial charge in [-0.1, -0.05) is 57.0 Å². The predicted octanol–water partition coefficient (Wildman–Crippen LogP) is 5.06. The van der Waals surface area contributed by atoms with Crippen LogP contribution in [0.4, 0.5) is 0 Å². The topological polar surface area (TPSA) is 12.0 Å². The third-order valence-electron chi connectivity index (χ3n) is 5.31. The summed E-state index contributed by atoms with van der Waals surface area (Å²) in [6.45, 7) is 7.05. The van der Waals surface area contributed by atoms with Gasteiger partial charge in [0.05, 0.1) is 0 Å². The van der Waals surface area contributed by atoms with Crippen LogP contribution in [0.2, 0.25) is 0 Å². The first-order chi connectivity index (χ1) is 10.3. The van der Waals surface area contributed by atoms with E-state index in [4.69, 9.17) is 0 Å². The highest BCUT2D eigenvalue weighted by Crippen LogP contribution is 2.37. The van der Waals surface area contributed by atoms with Crippen LogP contribution < -0.4 is 5.32 Å². The third-order valence-corrected chi connectivity index (χ3v) is 5.31. The highest BCUT2D eigenvalue weighted by Gasteiger charge is 2.29. The number of benzene rings is 1. The van der Waals surface area contributed by atoms with Crippen LogP contribution in [0.15, 0.2) is 30.3 Å². The van der Waals surface area contributed by atoms with Gasteiger partial charge >= 0.3 is 0 Å². The average Bonchev–Trinajstić information content (AvgIpc) is 2.55. The predicted molar refractivity (Wildman–Crippen MR) is 92.5 cm³/mol. The summed E-state index contributed by atoms with van der Waals surface area (Å²) in [5.41, 5.74) is 1.51. The normalized spacial score (nSPS) is 25.9. The molecule has 1 aromatic carbocycles. The molecule has 1 fully saturated rings. The molecule has 118 valence electrons. The molecule has 1 nitrogen and oxygen atoms in total. The minimum absolute atomic E-state index is 0.906. The van der Waals surface area contributed by atoms with E-state index in [9.17, 15) is 0 Å². The second-order valence-electron chi connectivity index (χ2n) is 6.84. The van der Waals surface area contributed by atoms with Crippen molar-refractivity contribution in [2.45, 2.75) is 58.8 Å². The van der Waals surface area contributed by atoms with Crippen LogP contribution in [0.3, 0.4) is 0 Å². The van der Waals surface area contributed by atoms with Gasteiger partial charge in [-0.15, -0.1) is 0 Å². The third kappa shape index (κ3) is 5.47. The first kappa shape index (κ1) is 16.5. The van der Waals surface area contributed by atoms with Gasteiger partial charge in [-0.3, -0.25) is 0 Å². The molecule has 0 bridgehead atoms. The molecule has 1 aliphatic carbocycles. The van der Waals surface area contributed by atoms with E-state index in [1.165, 1.54) is 63.6 Å². The van der Waals surface area contributed by atoms with Gasteiger partial charge in [0.1, 0.15) is 0 Å². The summed E-state index contributed by atoms with van der Waals surface area (Å²) in [4.78, 5) is 0. The molecule has 1 N–H and O–H groups in total. The van der Waals surface area contributed by atoms with Crippen LogP contribution in [0.25, 0.3) is 0 Å². The Morgan fingerprint density at radius 1 is 1.05 bits per heavy atom. The number of nitrogens with one attached hydrogen (secondary N) is 1. The number of hydrogen-bond acceptors (Lipinski definition) is 1. The minimum Gasteiger partial charge on any atom is -0.316 e. The van der Waals surface area contributed by atoms with Gasteiger partial charge in [0.25, 0.3) is 0 Å². The van der Waals surface area contributed by atoms with Gasteiger partial charge in [0.15, 0.2) is 0 Å². The van der Waals surface area contributed by atoms with Gasteiger partial charge in [-0.25, -0.2) is 0 Å². The molecule has 3 atom stereocenters. The smallest absolute Gasteiger partial charge is 0.00179 e. The zero-order chi connectivity index (χ0) is 14.9. The molecule has 0 saturated heterocycles. The van der Waals surface area contributed by atoms with Crippen molar-refractivity contribution in [2.24, 2.45) is 17.8 Å². The fraction of sp³-hybridized carbons (Fsp3) is 0.700. The van der Waals surface area contributed by atoms with Crippen molar-refractivity contribution in [3.63, 3.8) is 0 Å². The van der Waals surface area contributed by atoms with Crippen molar-refractivity contribution in [3.8, 4) is 0 Å². The van der Waals surface area contributed by atoms with Crippen molar-refractivity contribution in [2.75, 3.05) is 13.1 Å². The Morgan fingerprint density at radius 3 is 2.57 bits per heavy atom. The van der Waals surface area contributed by atoms with Crippen LogP contribution in [0.5, 0.6) is 0 Å². The largest absolute Gasteiger partial charge is 0.316 e. The highest BCUT2D eigenvalue weighted by molar-refractivity contribution is 5.14. The molecule has 1 aliphatic rings. The molecule has 21 heavy (non-hydrogen) atoms. The maximum Gasteiger partial charge on any atom is -0.00179 e. The Morgan fingerprint density at radius 2 is 1.86 bits per heavy atom. The maximum atomic E-state index is 3.67. The van der Waals surface area contributed by atoms with Crippen molar-refractivity contribution >= 4 is 0 Å². The number of hydrogen-bond donors (Lipinski definition) is 1. The molecule has 1 aromatic rings. The van der Waals surface area contributed by atoms with Crippen molar-refractivity contribution in [1.29, 1.82) is 0 Å². The Labute approximate surface area is 131 Å². The maximum absolute atomic E-state index is 3.67. The van der Waals surface area contributed by atoms with E-state index in [0.29, 0.717) is 0 Å². The van der Waals surface area contributed by atoms with Gasteiger partial charge in [0.2, 0.25) is 0 Å². The van der Waals surface area contributed by atoms with E-state index in [1.807, 2.05) is 0 Å². The van der Waals surface area contributed by atoms with E-state index in [1.54, 1.807) is 0 Å². The number of aryl methyl sites for hydroxylation is 1. The van der Waals surface area contributed by atoms with Crippen molar-refractivity contribution < 1.29 is 0 Å². The lowest BCUT2D eigenvalue weighted by atomic mass is 9.71. The lowest BCUT2D eigenvalue weighted by molar-refractivity contribution is 0.163. The van der Waals surface area contributed by atoms with Gasteiger partial charge in [0, 0.05) is 0 Å². The number of rotatable bonds is 8. The van der Waals surface area contributed by atoms with Gasteiger partial charge in [-0.05, 0) is 68.5 Å². The molecule has 1 saturated carbocycles. The molecule has 0 spiro atoms. The fourth-order valence-electron chi connectivity index (χ4n) is 3.88. The molecule has 0 amide bonds. The lowest BCUT2D eigenvalue weighted by Gasteiger charge is -2.36. The van der Waals surface area contributed by atoms with Crippen LogP contribution >= 0.6 is 0 Å². The molecule has 2 rings (SSSR count). The molecular formula is C20H33N. The van der Waals surface area contributed by atoms with E-state index >= 15 is 0 Å². The summed E-state index contributed by atoms with van der Waals surface area (Å²) >= 11 is 0.